The third-order valence-electron chi connectivity index (χ3n) is 4.90. The number of fused-ring (bicyclic) bond motifs is 4. The Bertz CT molecular complexity index is 791. The van der Waals surface area contributed by atoms with E-state index in [9.17, 15) is 9.59 Å². The molecule has 0 spiro atoms. The highest BCUT2D eigenvalue weighted by molar-refractivity contribution is 5.97. The summed E-state index contributed by atoms with van der Waals surface area (Å²) >= 11 is 0. The number of ether oxygens (including phenoxy) is 1. The lowest BCUT2D eigenvalue weighted by Crippen LogP contribution is -2.17. The first-order chi connectivity index (χ1) is 11.7. The van der Waals surface area contributed by atoms with Crippen LogP contribution in [0.15, 0.2) is 60.7 Å². The van der Waals surface area contributed by atoms with Crippen molar-refractivity contribution in [3.8, 4) is 11.1 Å². The molecule has 1 aliphatic heterocycles. The molecule has 1 heterocycles. The molecule has 24 heavy (non-hydrogen) atoms. The number of rotatable bonds is 0. The summed E-state index contributed by atoms with van der Waals surface area (Å²) in [6, 6.07) is 17.3. The fraction of sp³-hybridized carbons (Fsp3) is 0.238. The van der Waals surface area contributed by atoms with Gasteiger partial charge < -0.3 is 4.74 Å². The topological polar surface area (TPSA) is 43.4 Å². The van der Waals surface area contributed by atoms with Gasteiger partial charge in [-0.1, -0.05) is 60.7 Å². The maximum atomic E-state index is 10.9. The van der Waals surface area contributed by atoms with Crippen LogP contribution in [0.25, 0.3) is 11.1 Å². The molecular formula is C21H18O3. The zero-order valence-electron chi connectivity index (χ0n) is 13.3. The van der Waals surface area contributed by atoms with Crippen LogP contribution in [-0.2, 0) is 20.7 Å². The second-order valence-electron chi connectivity index (χ2n) is 6.37. The highest BCUT2D eigenvalue weighted by Gasteiger charge is 2.43. The summed E-state index contributed by atoms with van der Waals surface area (Å²) in [4.78, 5) is 21.9. The first-order valence-corrected chi connectivity index (χ1v) is 8.32. The average molecular weight is 318 g/mol. The Morgan fingerprint density at radius 2 is 1.46 bits per heavy atom. The molecule has 2 atom stereocenters. The molecule has 3 nitrogen and oxygen atoms in total. The largest absolute Gasteiger partial charge is 0.392 e. The Kier molecular flexibility index (Phi) is 3.77. The summed E-state index contributed by atoms with van der Waals surface area (Å²) in [5.74, 6) is -1.19. The lowest BCUT2D eigenvalue weighted by atomic mass is 9.86. The van der Waals surface area contributed by atoms with Gasteiger partial charge in [-0.05, 0) is 41.5 Å². The third kappa shape index (κ3) is 2.56. The molecule has 3 heteroatoms. The predicted molar refractivity (Wildman–Crippen MR) is 91.1 cm³/mol. The second-order valence-corrected chi connectivity index (χ2v) is 6.37. The predicted octanol–water partition coefficient (Wildman–Crippen LogP) is 3.91. The Hall–Kier alpha value is -2.68. The van der Waals surface area contributed by atoms with E-state index in [1.807, 2.05) is 6.08 Å². The molecule has 1 fully saturated rings. The molecule has 0 saturated carbocycles. The van der Waals surface area contributed by atoms with Crippen molar-refractivity contribution in [3.05, 3.63) is 71.8 Å². The summed E-state index contributed by atoms with van der Waals surface area (Å²) in [6.45, 7) is 0. The number of carbonyl (C=O) groups is 2. The first-order valence-electron chi connectivity index (χ1n) is 8.32. The van der Waals surface area contributed by atoms with Crippen LogP contribution in [0.1, 0.15) is 24.0 Å². The summed E-state index contributed by atoms with van der Waals surface area (Å²) in [6.07, 6.45) is 6.45. The van der Waals surface area contributed by atoms with Crippen LogP contribution < -0.4 is 0 Å². The SMILES string of the molecule is O=C1OC(=O)C2CCC=CC12.c1ccc2c(c1)Cc1ccccc1-2. The van der Waals surface area contributed by atoms with E-state index in [1.165, 1.54) is 22.3 Å². The van der Waals surface area contributed by atoms with Gasteiger partial charge >= 0.3 is 11.9 Å². The summed E-state index contributed by atoms with van der Waals surface area (Å²) in [5.41, 5.74) is 5.75. The quantitative estimate of drug-likeness (QED) is 0.358. The van der Waals surface area contributed by atoms with E-state index in [-0.39, 0.29) is 23.8 Å². The summed E-state index contributed by atoms with van der Waals surface area (Å²) in [7, 11) is 0. The molecule has 0 amide bonds. The molecule has 5 rings (SSSR count). The fourth-order valence-electron chi connectivity index (χ4n) is 3.66. The Labute approximate surface area is 141 Å². The van der Waals surface area contributed by atoms with Gasteiger partial charge in [-0.25, -0.2) is 0 Å². The molecule has 2 unspecified atom stereocenters. The minimum atomic E-state index is -0.379. The normalized spacial score (nSPS) is 22.8. The number of carbonyl (C=O) groups excluding carboxylic acids is 2. The molecular weight excluding hydrogens is 300 g/mol. The molecule has 1 saturated heterocycles. The molecule has 2 aromatic rings. The molecule has 0 bridgehead atoms. The molecule has 120 valence electrons. The molecule has 0 radical (unpaired) electrons. The van der Waals surface area contributed by atoms with Crippen molar-refractivity contribution in [2.75, 3.05) is 0 Å². The van der Waals surface area contributed by atoms with E-state index in [0.717, 1.165) is 19.3 Å². The number of esters is 2. The number of allylic oxidation sites excluding steroid dienone is 1. The van der Waals surface area contributed by atoms with Crippen molar-refractivity contribution in [3.63, 3.8) is 0 Å². The van der Waals surface area contributed by atoms with Gasteiger partial charge in [-0.2, -0.15) is 0 Å². The minimum absolute atomic E-state index is 0.188. The molecule has 3 aliphatic rings. The van der Waals surface area contributed by atoms with Crippen molar-refractivity contribution < 1.29 is 14.3 Å². The van der Waals surface area contributed by atoms with Gasteiger partial charge in [0.05, 0.1) is 11.8 Å². The highest BCUT2D eigenvalue weighted by atomic mass is 16.6. The zero-order valence-corrected chi connectivity index (χ0v) is 13.3. The third-order valence-corrected chi connectivity index (χ3v) is 4.90. The van der Waals surface area contributed by atoms with E-state index >= 15 is 0 Å². The standard InChI is InChI=1S/C13H10.C8H8O3/c1-3-7-12-10(5-1)9-11-6-2-4-8-13(11)12;9-7-5-3-1-2-4-6(5)8(10)11-7/h1-8H,9H2;1,3,5-6H,2,4H2. The minimum Gasteiger partial charge on any atom is -0.392 e. The molecule has 0 N–H and O–H groups in total. The van der Waals surface area contributed by atoms with Crippen LogP contribution in [0, 0.1) is 11.8 Å². The summed E-state index contributed by atoms with van der Waals surface area (Å²) in [5, 5.41) is 0. The fourth-order valence-corrected chi connectivity index (χ4v) is 3.66. The van der Waals surface area contributed by atoms with Crippen LogP contribution in [0.4, 0.5) is 0 Å². The Balaban J connectivity index is 0.000000123. The molecule has 0 aromatic heterocycles. The van der Waals surface area contributed by atoms with Crippen LogP contribution in [-0.4, -0.2) is 11.9 Å². The van der Waals surface area contributed by atoms with Crippen molar-refractivity contribution in [1.82, 2.24) is 0 Å². The smallest absolute Gasteiger partial charge is 0.321 e. The monoisotopic (exact) mass is 318 g/mol. The van der Waals surface area contributed by atoms with Crippen LogP contribution >= 0.6 is 0 Å². The van der Waals surface area contributed by atoms with Crippen LogP contribution in [0.5, 0.6) is 0 Å². The highest BCUT2D eigenvalue weighted by Crippen LogP contribution is 2.35. The van der Waals surface area contributed by atoms with Gasteiger partial charge in [0.15, 0.2) is 0 Å². The van der Waals surface area contributed by atoms with Crippen molar-refractivity contribution >= 4 is 11.9 Å². The lowest BCUT2D eigenvalue weighted by Gasteiger charge is -2.12. The van der Waals surface area contributed by atoms with Gasteiger partial charge in [0.25, 0.3) is 0 Å². The van der Waals surface area contributed by atoms with E-state index in [0.29, 0.717) is 0 Å². The van der Waals surface area contributed by atoms with Gasteiger partial charge in [0, 0.05) is 0 Å². The average Bonchev–Trinajstić information content (AvgIpc) is 3.14. The van der Waals surface area contributed by atoms with Crippen molar-refractivity contribution in [2.45, 2.75) is 19.3 Å². The van der Waals surface area contributed by atoms with Gasteiger partial charge in [-0.3, -0.25) is 9.59 Å². The van der Waals surface area contributed by atoms with Gasteiger partial charge in [0.1, 0.15) is 0 Å². The maximum Gasteiger partial charge on any atom is 0.321 e. The van der Waals surface area contributed by atoms with Crippen LogP contribution in [0.2, 0.25) is 0 Å². The van der Waals surface area contributed by atoms with E-state index in [2.05, 4.69) is 53.3 Å². The number of cyclic esters (lactones) is 2. The van der Waals surface area contributed by atoms with Crippen molar-refractivity contribution in [1.29, 1.82) is 0 Å². The zero-order chi connectivity index (χ0) is 16.5. The summed E-state index contributed by atoms with van der Waals surface area (Å²) < 4.78 is 4.48. The van der Waals surface area contributed by atoms with Crippen LogP contribution in [0.3, 0.4) is 0 Å². The van der Waals surface area contributed by atoms with Gasteiger partial charge in [-0.15, -0.1) is 0 Å². The Morgan fingerprint density at radius 1 is 0.833 bits per heavy atom. The lowest BCUT2D eigenvalue weighted by molar-refractivity contribution is -0.153. The second kappa shape index (κ2) is 6.08. The molecule has 2 aliphatic carbocycles. The van der Waals surface area contributed by atoms with Crippen molar-refractivity contribution in [2.24, 2.45) is 11.8 Å². The van der Waals surface area contributed by atoms with E-state index in [1.54, 1.807) is 6.08 Å². The van der Waals surface area contributed by atoms with Gasteiger partial charge in [0.2, 0.25) is 0 Å². The number of hydrogen-bond donors (Lipinski definition) is 0. The first kappa shape index (κ1) is 14.9. The van der Waals surface area contributed by atoms with E-state index < -0.39 is 0 Å². The maximum absolute atomic E-state index is 10.9. The molecule has 2 aromatic carbocycles. The Morgan fingerprint density at radius 3 is 2.08 bits per heavy atom. The number of hydrogen-bond acceptors (Lipinski definition) is 3. The number of benzene rings is 2. The van der Waals surface area contributed by atoms with E-state index in [4.69, 9.17) is 0 Å².